The molecule has 0 radical (unpaired) electrons. The highest BCUT2D eigenvalue weighted by Crippen LogP contribution is 2.32. The molecule has 1 heterocycles. The summed E-state index contributed by atoms with van der Waals surface area (Å²) in [6.07, 6.45) is 2.68. The number of rotatable bonds is 4. The standard InChI is InChI=1S/C14H25F2N3O.ClH/c1-17-11-4-8-19(9-5-11)10-13(20)18-12-2-6-14(15,16)7-3-12;/h11-12,17H,2-10H2,1H3,(H,18,20);1H. The van der Waals surface area contributed by atoms with Crippen LogP contribution in [-0.4, -0.2) is 55.5 Å². The molecule has 124 valence electrons. The van der Waals surface area contributed by atoms with Gasteiger partial charge < -0.3 is 10.6 Å². The molecule has 2 aliphatic rings. The summed E-state index contributed by atoms with van der Waals surface area (Å²) >= 11 is 0. The Kier molecular flexibility index (Phi) is 7.30. The van der Waals surface area contributed by atoms with Gasteiger partial charge in [-0.25, -0.2) is 8.78 Å². The van der Waals surface area contributed by atoms with Crippen molar-refractivity contribution in [3.05, 3.63) is 0 Å². The second-order valence-electron chi connectivity index (χ2n) is 6.04. The van der Waals surface area contributed by atoms with Crippen LogP contribution in [0.4, 0.5) is 8.78 Å². The minimum Gasteiger partial charge on any atom is -0.352 e. The average molecular weight is 326 g/mol. The fourth-order valence-corrected chi connectivity index (χ4v) is 3.04. The van der Waals surface area contributed by atoms with Crippen molar-refractivity contribution < 1.29 is 13.6 Å². The zero-order chi connectivity index (χ0) is 14.6. The molecule has 2 rings (SSSR count). The molecule has 0 atom stereocenters. The molecule has 1 aliphatic carbocycles. The van der Waals surface area contributed by atoms with Crippen molar-refractivity contribution in [1.82, 2.24) is 15.5 Å². The zero-order valence-electron chi connectivity index (χ0n) is 12.5. The van der Waals surface area contributed by atoms with Gasteiger partial charge in [-0.3, -0.25) is 9.69 Å². The van der Waals surface area contributed by atoms with Gasteiger partial charge in [0.1, 0.15) is 0 Å². The maximum atomic E-state index is 13.0. The molecule has 7 heteroatoms. The highest BCUT2D eigenvalue weighted by atomic mass is 35.5. The van der Waals surface area contributed by atoms with Gasteiger partial charge in [-0.05, 0) is 32.7 Å². The van der Waals surface area contributed by atoms with Crippen LogP contribution in [0.25, 0.3) is 0 Å². The van der Waals surface area contributed by atoms with Crippen LogP contribution in [0.1, 0.15) is 38.5 Å². The van der Waals surface area contributed by atoms with Crippen LogP contribution in [0, 0.1) is 0 Å². The number of carbonyl (C=O) groups is 1. The molecule has 4 nitrogen and oxygen atoms in total. The number of hydrogen-bond acceptors (Lipinski definition) is 3. The van der Waals surface area contributed by atoms with Crippen molar-refractivity contribution in [1.29, 1.82) is 0 Å². The summed E-state index contributed by atoms with van der Waals surface area (Å²) in [5, 5.41) is 6.15. The Labute approximate surface area is 131 Å². The van der Waals surface area contributed by atoms with Gasteiger partial charge >= 0.3 is 0 Å². The van der Waals surface area contributed by atoms with Crippen LogP contribution < -0.4 is 10.6 Å². The summed E-state index contributed by atoms with van der Waals surface area (Å²) in [4.78, 5) is 14.1. The largest absolute Gasteiger partial charge is 0.352 e. The molecule has 0 aromatic heterocycles. The van der Waals surface area contributed by atoms with E-state index in [1.54, 1.807) is 0 Å². The Morgan fingerprint density at radius 2 is 1.71 bits per heavy atom. The van der Waals surface area contributed by atoms with Gasteiger partial charge in [-0.1, -0.05) is 0 Å². The summed E-state index contributed by atoms with van der Waals surface area (Å²) in [5.41, 5.74) is 0. The number of likely N-dealkylation sites (tertiary alicyclic amines) is 1. The summed E-state index contributed by atoms with van der Waals surface area (Å²) in [6, 6.07) is 0.479. The number of piperidine rings is 1. The number of nitrogens with zero attached hydrogens (tertiary/aromatic N) is 1. The van der Waals surface area contributed by atoms with E-state index in [-0.39, 0.29) is 37.2 Å². The van der Waals surface area contributed by atoms with Crippen LogP contribution in [0.5, 0.6) is 0 Å². The third-order valence-electron chi connectivity index (χ3n) is 4.45. The molecule has 0 unspecified atom stereocenters. The second kappa shape index (κ2) is 8.25. The molecular formula is C14H26ClF2N3O. The highest BCUT2D eigenvalue weighted by molar-refractivity contribution is 5.85. The van der Waals surface area contributed by atoms with Gasteiger partial charge in [-0.2, -0.15) is 0 Å². The van der Waals surface area contributed by atoms with Crippen molar-refractivity contribution in [2.75, 3.05) is 26.7 Å². The van der Waals surface area contributed by atoms with Crippen LogP contribution >= 0.6 is 12.4 Å². The topological polar surface area (TPSA) is 44.4 Å². The molecule has 21 heavy (non-hydrogen) atoms. The van der Waals surface area contributed by atoms with E-state index in [1.807, 2.05) is 7.05 Å². The van der Waals surface area contributed by atoms with Crippen molar-refractivity contribution in [3.63, 3.8) is 0 Å². The van der Waals surface area contributed by atoms with Crippen LogP contribution in [0.3, 0.4) is 0 Å². The second-order valence-corrected chi connectivity index (χ2v) is 6.04. The van der Waals surface area contributed by atoms with Gasteiger partial charge in [0, 0.05) is 38.0 Å². The molecule has 2 fully saturated rings. The Bertz CT molecular complexity index is 326. The number of carbonyl (C=O) groups excluding carboxylic acids is 1. The zero-order valence-corrected chi connectivity index (χ0v) is 13.4. The molecule has 0 aromatic rings. The summed E-state index contributed by atoms with van der Waals surface area (Å²) in [7, 11) is 1.96. The first-order chi connectivity index (χ1) is 9.48. The lowest BCUT2D eigenvalue weighted by Gasteiger charge is -2.32. The molecular weight excluding hydrogens is 300 g/mol. The molecule has 0 bridgehead atoms. The van der Waals surface area contributed by atoms with Gasteiger partial charge in [-0.15, -0.1) is 12.4 Å². The van der Waals surface area contributed by atoms with Crippen LogP contribution in [0.2, 0.25) is 0 Å². The fourth-order valence-electron chi connectivity index (χ4n) is 3.04. The fraction of sp³-hybridized carbons (Fsp3) is 0.929. The van der Waals surface area contributed by atoms with E-state index in [0.29, 0.717) is 25.4 Å². The Morgan fingerprint density at radius 3 is 2.24 bits per heavy atom. The van der Waals surface area contributed by atoms with Gasteiger partial charge in [0.05, 0.1) is 6.54 Å². The van der Waals surface area contributed by atoms with E-state index in [1.165, 1.54) is 0 Å². The SMILES string of the molecule is CNC1CCN(CC(=O)NC2CCC(F)(F)CC2)CC1.Cl. The maximum absolute atomic E-state index is 13.0. The van der Waals surface area contributed by atoms with Gasteiger partial charge in [0.2, 0.25) is 11.8 Å². The first kappa shape index (κ1) is 18.6. The monoisotopic (exact) mass is 325 g/mol. The Hall–Kier alpha value is -0.460. The minimum absolute atomic E-state index is 0. The van der Waals surface area contributed by atoms with Crippen molar-refractivity contribution in [2.45, 2.75) is 56.5 Å². The Balaban J connectivity index is 0.00000220. The summed E-state index contributed by atoms with van der Waals surface area (Å²) in [5.74, 6) is -2.56. The maximum Gasteiger partial charge on any atom is 0.248 e. The first-order valence-electron chi connectivity index (χ1n) is 7.55. The average Bonchev–Trinajstić information content (AvgIpc) is 2.42. The van der Waals surface area contributed by atoms with E-state index in [0.717, 1.165) is 25.9 Å². The molecule has 0 aromatic carbocycles. The van der Waals surface area contributed by atoms with E-state index in [2.05, 4.69) is 15.5 Å². The van der Waals surface area contributed by atoms with Crippen LogP contribution in [-0.2, 0) is 4.79 Å². The van der Waals surface area contributed by atoms with E-state index in [9.17, 15) is 13.6 Å². The molecule has 0 spiro atoms. The Morgan fingerprint density at radius 1 is 1.14 bits per heavy atom. The molecule has 1 amide bonds. The predicted molar refractivity (Wildman–Crippen MR) is 81.1 cm³/mol. The number of hydrogen-bond donors (Lipinski definition) is 2. The van der Waals surface area contributed by atoms with Crippen LogP contribution in [0.15, 0.2) is 0 Å². The van der Waals surface area contributed by atoms with Gasteiger partial charge in [0.25, 0.3) is 0 Å². The lowest BCUT2D eigenvalue weighted by atomic mass is 9.92. The molecule has 2 N–H and O–H groups in total. The number of halogens is 3. The third kappa shape index (κ3) is 6.04. The number of alkyl halides is 2. The van der Waals surface area contributed by atoms with E-state index < -0.39 is 5.92 Å². The third-order valence-corrected chi connectivity index (χ3v) is 4.45. The van der Waals surface area contributed by atoms with Crippen molar-refractivity contribution in [3.8, 4) is 0 Å². The number of nitrogens with one attached hydrogen (secondary N) is 2. The number of amides is 1. The minimum atomic E-state index is -2.53. The molecule has 1 saturated carbocycles. The van der Waals surface area contributed by atoms with E-state index >= 15 is 0 Å². The summed E-state index contributed by atoms with van der Waals surface area (Å²) in [6.45, 7) is 2.23. The molecule has 1 saturated heterocycles. The van der Waals surface area contributed by atoms with Crippen molar-refractivity contribution in [2.24, 2.45) is 0 Å². The van der Waals surface area contributed by atoms with Gasteiger partial charge in [0.15, 0.2) is 0 Å². The normalized spacial score (nSPS) is 24.3. The van der Waals surface area contributed by atoms with E-state index in [4.69, 9.17) is 0 Å². The predicted octanol–water partition coefficient (Wildman–Crippen LogP) is 1.79. The summed E-state index contributed by atoms with van der Waals surface area (Å²) < 4.78 is 26.1. The lowest BCUT2D eigenvalue weighted by molar-refractivity contribution is -0.124. The molecule has 1 aliphatic heterocycles. The smallest absolute Gasteiger partial charge is 0.248 e. The quantitative estimate of drug-likeness (QED) is 0.828. The first-order valence-corrected chi connectivity index (χ1v) is 7.55. The highest BCUT2D eigenvalue weighted by Gasteiger charge is 2.35. The van der Waals surface area contributed by atoms with Crippen molar-refractivity contribution >= 4 is 18.3 Å². The lowest BCUT2D eigenvalue weighted by Crippen LogP contribution is -2.48.